The third-order valence-electron chi connectivity index (χ3n) is 6.23. The van der Waals surface area contributed by atoms with Crippen LogP contribution < -0.4 is 10.1 Å². The highest BCUT2D eigenvalue weighted by Crippen LogP contribution is 2.35. The normalized spacial score (nSPS) is 22.4. The van der Waals surface area contributed by atoms with Crippen LogP contribution in [0.1, 0.15) is 51.9 Å². The summed E-state index contributed by atoms with van der Waals surface area (Å²) >= 11 is 0. The fourth-order valence-corrected chi connectivity index (χ4v) is 5.93. The summed E-state index contributed by atoms with van der Waals surface area (Å²) in [6, 6.07) is 4.08. The van der Waals surface area contributed by atoms with Gasteiger partial charge in [0.1, 0.15) is 11.8 Å². The zero-order valence-corrected chi connectivity index (χ0v) is 18.8. The van der Waals surface area contributed by atoms with E-state index in [0.717, 1.165) is 38.5 Å². The van der Waals surface area contributed by atoms with E-state index in [1.54, 1.807) is 11.0 Å². The predicted molar refractivity (Wildman–Crippen MR) is 116 cm³/mol. The van der Waals surface area contributed by atoms with Gasteiger partial charge in [-0.25, -0.2) is 8.42 Å². The number of carbonyl (C=O) groups is 2. The summed E-state index contributed by atoms with van der Waals surface area (Å²) in [7, 11) is -3.64. The molecule has 2 heterocycles. The molecule has 2 saturated heterocycles. The van der Waals surface area contributed by atoms with Crippen LogP contribution in [0.3, 0.4) is 0 Å². The Bertz CT molecular complexity index is 938. The van der Waals surface area contributed by atoms with Gasteiger partial charge in [-0.05, 0) is 63.6 Å². The Morgan fingerprint density at radius 3 is 2.48 bits per heavy atom. The Labute approximate surface area is 184 Å². The van der Waals surface area contributed by atoms with Gasteiger partial charge in [-0.2, -0.15) is 4.31 Å². The summed E-state index contributed by atoms with van der Waals surface area (Å²) < 4.78 is 33.3. The molecule has 1 aromatic carbocycles. The first-order chi connectivity index (χ1) is 14.9. The molecule has 1 unspecified atom stereocenters. The fourth-order valence-electron chi connectivity index (χ4n) is 4.39. The maximum atomic E-state index is 13.1. The smallest absolute Gasteiger partial charge is 0.247 e. The second-order valence-electron chi connectivity index (χ2n) is 8.51. The maximum Gasteiger partial charge on any atom is 0.247 e. The van der Waals surface area contributed by atoms with E-state index in [1.807, 2.05) is 6.92 Å². The van der Waals surface area contributed by atoms with E-state index >= 15 is 0 Å². The van der Waals surface area contributed by atoms with Crippen LogP contribution in [0.4, 0.5) is 5.69 Å². The van der Waals surface area contributed by atoms with Crippen molar-refractivity contribution in [3.63, 3.8) is 0 Å². The molecule has 31 heavy (non-hydrogen) atoms. The third-order valence-corrected chi connectivity index (χ3v) is 8.12. The Kier molecular flexibility index (Phi) is 6.52. The number of rotatable bonds is 7. The Balaban J connectivity index is 1.56. The molecular weight excluding hydrogens is 418 g/mol. The lowest BCUT2D eigenvalue weighted by atomic mass is 10.2. The standard InChI is InChI=1S/C22H31N3O5S/c1-2-30-20-11-10-17(31(28,29)24-12-4-3-5-13-24)15-18(20)23-21(26)19-7-6-14-25(19)22(27)16-8-9-16/h10-11,15-16,19H,2-9,12-14H2,1H3,(H,23,26). The minimum absolute atomic E-state index is 0.0594. The SMILES string of the molecule is CCOc1ccc(S(=O)(=O)N2CCCCC2)cc1NC(=O)C1CCCN1C(=O)C1CC1. The van der Waals surface area contributed by atoms with Gasteiger partial charge in [-0.3, -0.25) is 9.59 Å². The fraction of sp³-hybridized carbons (Fsp3) is 0.636. The van der Waals surface area contributed by atoms with Gasteiger partial charge in [0.05, 0.1) is 17.2 Å². The average molecular weight is 450 g/mol. The summed E-state index contributed by atoms with van der Waals surface area (Å²) in [4.78, 5) is 27.4. The zero-order chi connectivity index (χ0) is 22.0. The van der Waals surface area contributed by atoms with Crippen molar-refractivity contribution in [2.24, 2.45) is 5.92 Å². The van der Waals surface area contributed by atoms with E-state index in [2.05, 4.69) is 5.32 Å². The van der Waals surface area contributed by atoms with Crippen molar-refractivity contribution in [2.75, 3.05) is 31.6 Å². The van der Waals surface area contributed by atoms with Crippen LogP contribution in [0.2, 0.25) is 0 Å². The van der Waals surface area contributed by atoms with Gasteiger partial charge in [0.25, 0.3) is 0 Å². The molecule has 0 aromatic heterocycles. The molecule has 1 aliphatic carbocycles. The van der Waals surface area contributed by atoms with Crippen LogP contribution >= 0.6 is 0 Å². The van der Waals surface area contributed by atoms with Crippen LogP contribution in [0.25, 0.3) is 0 Å². The number of amides is 2. The summed E-state index contributed by atoms with van der Waals surface area (Å²) in [6.07, 6.45) is 5.94. The highest BCUT2D eigenvalue weighted by atomic mass is 32.2. The number of ether oxygens (including phenoxy) is 1. The first-order valence-corrected chi connectivity index (χ1v) is 12.7. The monoisotopic (exact) mass is 449 g/mol. The lowest BCUT2D eigenvalue weighted by Gasteiger charge is -2.27. The van der Waals surface area contributed by atoms with E-state index in [0.29, 0.717) is 44.1 Å². The molecule has 1 aromatic rings. The molecular formula is C22H31N3O5S. The molecule has 0 radical (unpaired) electrons. The highest BCUT2D eigenvalue weighted by Gasteiger charge is 2.41. The number of piperidine rings is 1. The molecule has 9 heteroatoms. The van der Waals surface area contributed by atoms with Gasteiger partial charge >= 0.3 is 0 Å². The van der Waals surface area contributed by atoms with Crippen LogP contribution in [0.15, 0.2) is 23.1 Å². The largest absolute Gasteiger partial charge is 0.492 e. The third kappa shape index (κ3) is 4.72. The van der Waals surface area contributed by atoms with Crippen LogP contribution in [-0.2, 0) is 19.6 Å². The number of hydrogen-bond donors (Lipinski definition) is 1. The zero-order valence-electron chi connectivity index (χ0n) is 18.0. The van der Waals surface area contributed by atoms with Crippen LogP contribution in [0.5, 0.6) is 5.75 Å². The lowest BCUT2D eigenvalue weighted by molar-refractivity contribution is -0.137. The minimum atomic E-state index is -3.64. The molecule has 0 bridgehead atoms. The number of nitrogens with zero attached hydrogens (tertiary/aromatic N) is 2. The second-order valence-corrected chi connectivity index (χ2v) is 10.4. The molecule has 170 valence electrons. The number of likely N-dealkylation sites (tertiary alicyclic amines) is 1. The van der Waals surface area contributed by atoms with Crippen LogP contribution in [-0.4, -0.2) is 61.7 Å². The minimum Gasteiger partial charge on any atom is -0.492 e. The number of sulfonamides is 1. The Hall–Kier alpha value is -2.13. The lowest BCUT2D eigenvalue weighted by Crippen LogP contribution is -2.43. The molecule has 4 rings (SSSR count). The Morgan fingerprint density at radius 2 is 1.81 bits per heavy atom. The summed E-state index contributed by atoms with van der Waals surface area (Å²) in [5, 5.41) is 2.86. The van der Waals surface area contributed by atoms with Gasteiger partial charge in [0, 0.05) is 25.6 Å². The molecule has 2 amide bonds. The molecule has 3 aliphatic rings. The van der Waals surface area contributed by atoms with Gasteiger partial charge in [-0.15, -0.1) is 0 Å². The first-order valence-electron chi connectivity index (χ1n) is 11.3. The van der Waals surface area contributed by atoms with Gasteiger partial charge in [-0.1, -0.05) is 6.42 Å². The highest BCUT2D eigenvalue weighted by molar-refractivity contribution is 7.89. The van der Waals surface area contributed by atoms with Gasteiger partial charge < -0.3 is 15.0 Å². The number of nitrogens with one attached hydrogen (secondary N) is 1. The molecule has 2 aliphatic heterocycles. The molecule has 3 fully saturated rings. The summed E-state index contributed by atoms with van der Waals surface area (Å²) in [6.45, 7) is 3.83. The van der Waals surface area contributed by atoms with Crippen molar-refractivity contribution in [1.82, 2.24) is 9.21 Å². The van der Waals surface area contributed by atoms with E-state index in [4.69, 9.17) is 4.74 Å². The summed E-state index contributed by atoms with van der Waals surface area (Å²) in [5.74, 6) is 0.251. The van der Waals surface area contributed by atoms with E-state index < -0.39 is 16.1 Å². The molecule has 8 nitrogen and oxygen atoms in total. The van der Waals surface area contributed by atoms with E-state index in [9.17, 15) is 18.0 Å². The van der Waals surface area contributed by atoms with Crippen molar-refractivity contribution in [1.29, 1.82) is 0 Å². The topological polar surface area (TPSA) is 96.0 Å². The number of hydrogen-bond acceptors (Lipinski definition) is 5. The molecule has 1 saturated carbocycles. The number of anilines is 1. The van der Waals surface area contributed by atoms with E-state index in [1.165, 1.54) is 16.4 Å². The number of carbonyl (C=O) groups excluding carboxylic acids is 2. The van der Waals surface area contributed by atoms with Crippen molar-refractivity contribution < 1.29 is 22.7 Å². The van der Waals surface area contributed by atoms with E-state index in [-0.39, 0.29) is 22.6 Å². The van der Waals surface area contributed by atoms with Crippen molar-refractivity contribution >= 4 is 27.5 Å². The van der Waals surface area contributed by atoms with Gasteiger partial charge in [0.2, 0.25) is 21.8 Å². The predicted octanol–water partition coefficient (Wildman–Crippen LogP) is 2.60. The molecule has 1 N–H and O–H groups in total. The average Bonchev–Trinajstić information content (AvgIpc) is 3.51. The maximum absolute atomic E-state index is 13.1. The van der Waals surface area contributed by atoms with Crippen molar-refractivity contribution in [2.45, 2.75) is 62.8 Å². The quantitative estimate of drug-likeness (QED) is 0.690. The molecule has 1 atom stereocenters. The van der Waals surface area contributed by atoms with Gasteiger partial charge in [0.15, 0.2) is 0 Å². The van der Waals surface area contributed by atoms with Crippen molar-refractivity contribution in [3.05, 3.63) is 18.2 Å². The Morgan fingerprint density at radius 1 is 1.06 bits per heavy atom. The second kappa shape index (κ2) is 9.16. The number of benzene rings is 1. The first kappa shape index (κ1) is 22.1. The summed E-state index contributed by atoms with van der Waals surface area (Å²) in [5.41, 5.74) is 0.329. The van der Waals surface area contributed by atoms with Crippen molar-refractivity contribution in [3.8, 4) is 5.75 Å². The molecule has 0 spiro atoms. The van der Waals surface area contributed by atoms with Crippen LogP contribution in [0, 0.1) is 5.92 Å².